The van der Waals surface area contributed by atoms with Gasteiger partial charge in [-0.3, -0.25) is 4.79 Å². The number of fused-ring (bicyclic) bond motifs is 2. The largest absolute Gasteiger partial charge is 0.493 e. The van der Waals surface area contributed by atoms with Crippen molar-refractivity contribution in [2.24, 2.45) is 5.92 Å². The Bertz CT molecular complexity index is 1220. The van der Waals surface area contributed by atoms with Gasteiger partial charge in [0.15, 0.2) is 0 Å². The lowest BCUT2D eigenvalue weighted by Crippen LogP contribution is -2.43. The number of ketones is 1. The third-order valence-corrected chi connectivity index (χ3v) is 6.32. The highest BCUT2D eigenvalue weighted by Crippen LogP contribution is 2.36. The van der Waals surface area contributed by atoms with E-state index in [1.165, 1.54) is 6.26 Å². The van der Waals surface area contributed by atoms with Gasteiger partial charge in [0.25, 0.3) is 0 Å². The van der Waals surface area contributed by atoms with Gasteiger partial charge in [0, 0.05) is 6.42 Å². The van der Waals surface area contributed by atoms with Crippen molar-refractivity contribution in [2.45, 2.75) is 31.5 Å². The van der Waals surface area contributed by atoms with Gasteiger partial charge in [0.05, 0.1) is 16.5 Å². The summed E-state index contributed by atoms with van der Waals surface area (Å²) < 4.78 is 17.4. The maximum Gasteiger partial charge on any atom is 0.339 e. The molecule has 1 fully saturated rings. The second kappa shape index (κ2) is 8.67. The van der Waals surface area contributed by atoms with E-state index in [1.807, 2.05) is 42.5 Å². The maximum atomic E-state index is 13.0. The van der Waals surface area contributed by atoms with Gasteiger partial charge in [0.2, 0.25) is 11.5 Å². The van der Waals surface area contributed by atoms with Crippen molar-refractivity contribution >= 4 is 34.1 Å². The molecule has 0 radical (unpaired) electrons. The first-order valence-electron chi connectivity index (χ1n) is 10.6. The van der Waals surface area contributed by atoms with E-state index in [2.05, 4.69) is 0 Å². The van der Waals surface area contributed by atoms with Crippen LogP contribution in [0.5, 0.6) is 5.75 Å². The fourth-order valence-electron chi connectivity index (χ4n) is 4.31. The van der Waals surface area contributed by atoms with E-state index in [0.717, 1.165) is 10.8 Å². The van der Waals surface area contributed by atoms with Crippen molar-refractivity contribution in [3.63, 3.8) is 0 Å². The number of halogens is 1. The Morgan fingerprint density at radius 3 is 2.59 bits per heavy atom. The molecule has 0 N–H and O–H groups in total. The highest BCUT2D eigenvalue weighted by atomic mass is 35.5. The van der Waals surface area contributed by atoms with Gasteiger partial charge in [0.1, 0.15) is 24.2 Å². The van der Waals surface area contributed by atoms with Crippen LogP contribution in [-0.4, -0.2) is 24.0 Å². The molecule has 0 saturated heterocycles. The van der Waals surface area contributed by atoms with E-state index in [4.69, 9.17) is 25.8 Å². The summed E-state index contributed by atoms with van der Waals surface area (Å²) in [5.74, 6) is -0.0613. The summed E-state index contributed by atoms with van der Waals surface area (Å²) in [6.45, 7) is 0. The van der Waals surface area contributed by atoms with Crippen LogP contribution in [0.3, 0.4) is 0 Å². The summed E-state index contributed by atoms with van der Waals surface area (Å²) in [6, 6.07) is 20.4. The van der Waals surface area contributed by atoms with Crippen LogP contribution in [0.4, 0.5) is 0 Å². The number of carbonyl (C=O) groups is 2. The number of Topliss-reactive ketones (excluding diaryl/α,β-unsaturated/α-hetero) is 1. The molecule has 3 aromatic carbocycles. The third-order valence-electron chi connectivity index (χ3n) is 5.99. The smallest absolute Gasteiger partial charge is 0.339 e. The number of carbonyl (C=O) groups excluding carboxylic acids is 2. The Balaban J connectivity index is 1.25. The SMILES string of the molecule is O=C(OC1CCC2C(=O)C(Oc3ccc4ccccc4c3)=COC2C1)c1ccccc1Cl. The predicted molar refractivity (Wildman–Crippen MR) is 121 cm³/mol. The van der Waals surface area contributed by atoms with Gasteiger partial charge in [-0.05, 0) is 47.9 Å². The molecular formula is C26H21ClO5. The summed E-state index contributed by atoms with van der Waals surface area (Å²) in [7, 11) is 0. The van der Waals surface area contributed by atoms with Crippen molar-refractivity contribution < 1.29 is 23.8 Å². The molecule has 32 heavy (non-hydrogen) atoms. The first-order valence-corrected chi connectivity index (χ1v) is 11.0. The number of benzene rings is 3. The maximum absolute atomic E-state index is 13.0. The molecule has 1 aliphatic carbocycles. The van der Waals surface area contributed by atoms with Crippen molar-refractivity contribution in [3.05, 3.63) is 89.3 Å². The molecule has 1 heterocycles. The van der Waals surface area contributed by atoms with Gasteiger partial charge in [-0.1, -0.05) is 54.1 Å². The van der Waals surface area contributed by atoms with E-state index in [1.54, 1.807) is 24.3 Å². The van der Waals surface area contributed by atoms with E-state index < -0.39 is 5.97 Å². The van der Waals surface area contributed by atoms with Crippen LogP contribution in [0.25, 0.3) is 10.8 Å². The molecule has 162 valence electrons. The van der Waals surface area contributed by atoms with E-state index in [9.17, 15) is 9.59 Å². The number of allylic oxidation sites excluding steroid dienone is 1. The number of rotatable bonds is 4. The Hall–Kier alpha value is -3.31. The van der Waals surface area contributed by atoms with Crippen molar-refractivity contribution in [1.82, 2.24) is 0 Å². The number of esters is 1. The zero-order chi connectivity index (χ0) is 22.1. The lowest BCUT2D eigenvalue weighted by atomic mass is 9.80. The summed E-state index contributed by atoms with van der Waals surface area (Å²) in [6.07, 6.45) is 2.30. The molecule has 3 unspecified atom stereocenters. The fraction of sp³-hybridized carbons (Fsp3) is 0.231. The molecule has 3 atom stereocenters. The summed E-state index contributed by atoms with van der Waals surface area (Å²) in [5.41, 5.74) is 0.336. The molecule has 5 rings (SSSR count). The molecule has 3 aromatic rings. The highest BCUT2D eigenvalue weighted by molar-refractivity contribution is 6.33. The van der Waals surface area contributed by atoms with Gasteiger partial charge in [-0.15, -0.1) is 0 Å². The summed E-state index contributed by atoms with van der Waals surface area (Å²) >= 11 is 6.09. The Morgan fingerprint density at radius 2 is 1.75 bits per heavy atom. The second-order valence-corrected chi connectivity index (χ2v) is 8.47. The molecule has 1 aliphatic heterocycles. The molecule has 0 bridgehead atoms. The minimum absolute atomic E-state index is 0.0784. The quantitative estimate of drug-likeness (QED) is 0.478. The van der Waals surface area contributed by atoms with E-state index in [-0.39, 0.29) is 29.7 Å². The van der Waals surface area contributed by atoms with Crippen LogP contribution in [0.1, 0.15) is 29.6 Å². The first-order chi connectivity index (χ1) is 15.6. The minimum atomic E-state index is -0.461. The lowest BCUT2D eigenvalue weighted by molar-refractivity contribution is -0.132. The normalized spacial score (nSPS) is 22.5. The van der Waals surface area contributed by atoms with Crippen molar-refractivity contribution in [1.29, 1.82) is 0 Å². The van der Waals surface area contributed by atoms with Crippen molar-refractivity contribution in [2.75, 3.05) is 0 Å². The molecule has 5 nitrogen and oxygen atoms in total. The topological polar surface area (TPSA) is 61.8 Å². The van der Waals surface area contributed by atoms with Gasteiger partial charge in [-0.25, -0.2) is 4.79 Å². The summed E-state index contributed by atoms with van der Waals surface area (Å²) in [5, 5.41) is 2.49. The number of hydrogen-bond acceptors (Lipinski definition) is 5. The molecule has 2 aliphatic rings. The molecule has 6 heteroatoms. The van der Waals surface area contributed by atoms with E-state index in [0.29, 0.717) is 35.6 Å². The average molecular weight is 449 g/mol. The average Bonchev–Trinajstić information content (AvgIpc) is 2.81. The van der Waals surface area contributed by atoms with E-state index >= 15 is 0 Å². The van der Waals surface area contributed by atoms with Crippen LogP contribution in [0.15, 0.2) is 78.8 Å². The van der Waals surface area contributed by atoms with Crippen LogP contribution < -0.4 is 4.74 Å². The zero-order valence-corrected chi connectivity index (χ0v) is 18.0. The summed E-state index contributed by atoms with van der Waals surface area (Å²) in [4.78, 5) is 25.5. The van der Waals surface area contributed by atoms with Gasteiger partial charge < -0.3 is 14.2 Å². The predicted octanol–water partition coefficient (Wildman–Crippen LogP) is 5.71. The monoisotopic (exact) mass is 448 g/mol. The Kier molecular flexibility index (Phi) is 5.58. The van der Waals surface area contributed by atoms with Crippen LogP contribution in [0, 0.1) is 5.92 Å². The van der Waals surface area contributed by atoms with Crippen molar-refractivity contribution in [3.8, 4) is 5.75 Å². The van der Waals surface area contributed by atoms with Gasteiger partial charge in [-0.2, -0.15) is 0 Å². The van der Waals surface area contributed by atoms with Crippen LogP contribution in [0.2, 0.25) is 5.02 Å². The fourth-order valence-corrected chi connectivity index (χ4v) is 4.53. The molecule has 1 saturated carbocycles. The minimum Gasteiger partial charge on any atom is -0.493 e. The molecule has 0 aromatic heterocycles. The Morgan fingerprint density at radius 1 is 0.969 bits per heavy atom. The zero-order valence-electron chi connectivity index (χ0n) is 17.2. The van der Waals surface area contributed by atoms with Crippen LogP contribution >= 0.6 is 11.6 Å². The number of hydrogen-bond donors (Lipinski definition) is 0. The van der Waals surface area contributed by atoms with Gasteiger partial charge >= 0.3 is 5.97 Å². The second-order valence-electron chi connectivity index (χ2n) is 8.06. The highest BCUT2D eigenvalue weighted by Gasteiger charge is 2.42. The molecule has 0 spiro atoms. The molecular weight excluding hydrogens is 428 g/mol. The first kappa shape index (κ1) is 20.6. The standard InChI is InChI=1S/C26H21ClO5/c27-22-8-4-3-7-20(22)26(29)32-19-11-12-21-23(14-19)30-15-24(25(21)28)31-18-10-9-16-5-1-2-6-17(16)13-18/h1-10,13,15,19,21,23H,11-12,14H2. The molecule has 0 amide bonds. The van der Waals surface area contributed by atoms with Crippen LogP contribution in [-0.2, 0) is 14.3 Å². The Labute approximate surface area is 190 Å². The number of ether oxygens (including phenoxy) is 3. The lowest BCUT2D eigenvalue weighted by Gasteiger charge is -2.36. The third kappa shape index (κ3) is 4.08.